The first-order valence-electron chi connectivity index (χ1n) is 13.0. The van der Waals surface area contributed by atoms with Crippen LogP contribution < -0.4 is 5.32 Å². The highest BCUT2D eigenvalue weighted by Gasteiger charge is 2.26. The zero-order valence-corrected chi connectivity index (χ0v) is 22.4. The van der Waals surface area contributed by atoms with E-state index in [0.717, 1.165) is 52.4 Å². The van der Waals surface area contributed by atoms with Gasteiger partial charge in [0.2, 0.25) is 5.91 Å². The van der Waals surface area contributed by atoms with Crippen molar-refractivity contribution in [3.8, 4) is 11.1 Å². The van der Waals surface area contributed by atoms with Crippen molar-refractivity contribution in [1.82, 2.24) is 9.88 Å². The van der Waals surface area contributed by atoms with Crippen LogP contribution in [-0.4, -0.2) is 34.8 Å². The lowest BCUT2D eigenvalue weighted by molar-refractivity contribution is -0.132. The number of aryl methyl sites for hydroxylation is 2. The molecule has 39 heavy (non-hydrogen) atoms. The van der Waals surface area contributed by atoms with Gasteiger partial charge in [-0.05, 0) is 61.6 Å². The number of anilines is 1. The van der Waals surface area contributed by atoms with E-state index in [2.05, 4.69) is 16.4 Å². The summed E-state index contributed by atoms with van der Waals surface area (Å²) < 4.78 is 26.6. The maximum Gasteiger partial charge on any atom is 0.275 e. The molecule has 3 aromatic carbocycles. The Morgan fingerprint density at radius 2 is 1.77 bits per heavy atom. The Kier molecular flexibility index (Phi) is 8.12. The maximum atomic E-state index is 13.4. The molecule has 2 amide bonds. The standard InChI is InChI=1S/C31H29F2N3O2S/c1-20-7-11-27(24(17-20)22-5-3-2-4-6-22)34-30(38)28-19-39-31(35-28)23-13-15-36(16-14-23)29(37)12-9-21-8-10-25(32)26(33)18-21/h2-8,10-11,17-19,23H,9,12-16H2,1H3,(H,34,38). The Morgan fingerprint density at radius 1 is 1.00 bits per heavy atom. The van der Waals surface area contributed by atoms with Crippen LogP contribution in [0.3, 0.4) is 0 Å². The zero-order chi connectivity index (χ0) is 27.4. The van der Waals surface area contributed by atoms with E-state index in [1.54, 1.807) is 5.38 Å². The highest BCUT2D eigenvalue weighted by atomic mass is 32.1. The number of aromatic nitrogens is 1. The van der Waals surface area contributed by atoms with E-state index in [4.69, 9.17) is 0 Å². The van der Waals surface area contributed by atoms with Crippen LogP contribution >= 0.6 is 11.3 Å². The van der Waals surface area contributed by atoms with Crippen molar-refractivity contribution >= 4 is 28.8 Å². The van der Waals surface area contributed by atoms with Gasteiger partial charge in [-0.25, -0.2) is 13.8 Å². The van der Waals surface area contributed by atoms with Gasteiger partial charge in [0.15, 0.2) is 11.6 Å². The minimum atomic E-state index is -0.896. The van der Waals surface area contributed by atoms with E-state index in [-0.39, 0.29) is 24.2 Å². The molecule has 0 bridgehead atoms. The molecule has 0 atom stereocenters. The topological polar surface area (TPSA) is 62.3 Å². The van der Waals surface area contributed by atoms with Gasteiger partial charge < -0.3 is 10.2 Å². The van der Waals surface area contributed by atoms with Crippen LogP contribution in [0.15, 0.2) is 72.1 Å². The van der Waals surface area contributed by atoms with E-state index in [0.29, 0.717) is 30.8 Å². The molecule has 0 radical (unpaired) electrons. The van der Waals surface area contributed by atoms with Crippen molar-refractivity contribution in [2.75, 3.05) is 18.4 Å². The number of carbonyl (C=O) groups is 2. The monoisotopic (exact) mass is 545 g/mol. The van der Waals surface area contributed by atoms with Gasteiger partial charge in [0.1, 0.15) is 5.69 Å². The molecule has 0 unspecified atom stereocenters. The van der Waals surface area contributed by atoms with Gasteiger partial charge in [-0.2, -0.15) is 0 Å². The minimum absolute atomic E-state index is 0.00436. The van der Waals surface area contributed by atoms with Crippen LogP contribution in [-0.2, 0) is 11.2 Å². The SMILES string of the molecule is Cc1ccc(NC(=O)c2csc(C3CCN(C(=O)CCc4ccc(F)c(F)c4)CC3)n2)c(-c2ccccc2)c1. The maximum absolute atomic E-state index is 13.4. The molecule has 0 aliphatic carbocycles. The summed E-state index contributed by atoms with van der Waals surface area (Å²) in [5, 5.41) is 5.73. The predicted molar refractivity (Wildman–Crippen MR) is 150 cm³/mol. The molecule has 1 saturated heterocycles. The summed E-state index contributed by atoms with van der Waals surface area (Å²) in [5.41, 5.74) is 4.83. The first kappa shape index (κ1) is 26.7. The van der Waals surface area contributed by atoms with Gasteiger partial charge in [-0.1, -0.05) is 48.0 Å². The smallest absolute Gasteiger partial charge is 0.275 e. The van der Waals surface area contributed by atoms with Crippen molar-refractivity contribution in [2.24, 2.45) is 0 Å². The third-order valence-electron chi connectivity index (χ3n) is 7.07. The summed E-state index contributed by atoms with van der Waals surface area (Å²) in [6.45, 7) is 3.23. The van der Waals surface area contributed by atoms with Crippen LogP contribution in [0.25, 0.3) is 11.1 Å². The number of benzene rings is 3. The number of carbonyl (C=O) groups excluding carboxylic acids is 2. The van der Waals surface area contributed by atoms with Crippen molar-refractivity contribution in [2.45, 2.75) is 38.5 Å². The van der Waals surface area contributed by atoms with Gasteiger partial charge in [0.25, 0.3) is 5.91 Å². The molecule has 5 nitrogen and oxygen atoms in total. The van der Waals surface area contributed by atoms with Crippen molar-refractivity contribution < 1.29 is 18.4 Å². The number of hydrogen-bond donors (Lipinski definition) is 1. The first-order valence-corrected chi connectivity index (χ1v) is 13.9. The van der Waals surface area contributed by atoms with Gasteiger partial charge in [-0.3, -0.25) is 9.59 Å². The number of hydrogen-bond acceptors (Lipinski definition) is 4. The molecule has 1 fully saturated rings. The second-order valence-corrected chi connectivity index (χ2v) is 10.7. The molecule has 1 aromatic heterocycles. The number of nitrogens with one attached hydrogen (secondary N) is 1. The van der Waals surface area contributed by atoms with Crippen molar-refractivity contribution in [3.63, 3.8) is 0 Å². The summed E-state index contributed by atoms with van der Waals surface area (Å²) in [4.78, 5) is 32.2. The second-order valence-electron chi connectivity index (χ2n) is 9.84. The number of rotatable bonds is 7. The van der Waals surface area contributed by atoms with Gasteiger partial charge in [0, 0.05) is 42.1 Å². The molecule has 0 saturated carbocycles. The average Bonchev–Trinajstić information content (AvgIpc) is 3.46. The zero-order valence-electron chi connectivity index (χ0n) is 21.6. The molecular formula is C31H29F2N3O2S. The second kappa shape index (κ2) is 11.9. The average molecular weight is 546 g/mol. The summed E-state index contributed by atoms with van der Waals surface area (Å²) in [6.07, 6.45) is 2.15. The summed E-state index contributed by atoms with van der Waals surface area (Å²) in [6, 6.07) is 19.6. The Hall–Kier alpha value is -3.91. The number of nitrogens with zero attached hydrogens (tertiary/aromatic N) is 2. The Bertz CT molecular complexity index is 1480. The fraction of sp³-hybridized carbons (Fsp3) is 0.258. The third-order valence-corrected chi connectivity index (χ3v) is 8.08. The Labute approximate surface area is 230 Å². The molecule has 1 aliphatic rings. The summed E-state index contributed by atoms with van der Waals surface area (Å²) in [5.74, 6) is -1.84. The molecule has 1 N–H and O–H groups in total. The number of likely N-dealkylation sites (tertiary alicyclic amines) is 1. The largest absolute Gasteiger partial charge is 0.343 e. The molecule has 8 heteroatoms. The number of thiazole rings is 1. The lowest BCUT2D eigenvalue weighted by Crippen LogP contribution is -2.38. The van der Waals surface area contributed by atoms with Gasteiger partial charge >= 0.3 is 0 Å². The third kappa shape index (κ3) is 6.40. The predicted octanol–water partition coefficient (Wildman–Crippen LogP) is 6.99. The number of amides is 2. The van der Waals surface area contributed by atoms with Crippen LogP contribution in [0.5, 0.6) is 0 Å². The van der Waals surface area contributed by atoms with E-state index in [9.17, 15) is 18.4 Å². The van der Waals surface area contributed by atoms with Crippen molar-refractivity contribution in [1.29, 1.82) is 0 Å². The Morgan fingerprint density at radius 3 is 2.51 bits per heavy atom. The highest BCUT2D eigenvalue weighted by Crippen LogP contribution is 2.32. The van der Waals surface area contributed by atoms with E-state index >= 15 is 0 Å². The lowest BCUT2D eigenvalue weighted by Gasteiger charge is -2.31. The van der Waals surface area contributed by atoms with E-state index in [1.807, 2.05) is 54.3 Å². The summed E-state index contributed by atoms with van der Waals surface area (Å²) in [7, 11) is 0. The normalized spacial score (nSPS) is 13.9. The molecule has 4 aromatic rings. The highest BCUT2D eigenvalue weighted by molar-refractivity contribution is 7.10. The van der Waals surface area contributed by atoms with Crippen LogP contribution in [0.1, 0.15) is 51.8 Å². The minimum Gasteiger partial charge on any atom is -0.343 e. The fourth-order valence-electron chi connectivity index (χ4n) is 4.87. The Balaban J connectivity index is 1.17. The quantitative estimate of drug-likeness (QED) is 0.272. The molecule has 5 rings (SSSR count). The van der Waals surface area contributed by atoms with Gasteiger partial charge in [0.05, 0.1) is 5.01 Å². The number of piperidine rings is 1. The lowest BCUT2D eigenvalue weighted by atomic mass is 9.97. The molecule has 0 spiro atoms. The van der Waals surface area contributed by atoms with E-state index < -0.39 is 11.6 Å². The van der Waals surface area contributed by atoms with Crippen LogP contribution in [0.2, 0.25) is 0 Å². The van der Waals surface area contributed by atoms with Crippen LogP contribution in [0, 0.1) is 18.6 Å². The summed E-state index contributed by atoms with van der Waals surface area (Å²) >= 11 is 1.48. The molecule has 200 valence electrons. The van der Waals surface area contributed by atoms with Gasteiger partial charge in [-0.15, -0.1) is 11.3 Å². The fourth-order valence-corrected chi connectivity index (χ4v) is 5.84. The van der Waals surface area contributed by atoms with Crippen molar-refractivity contribution in [3.05, 3.63) is 106 Å². The van der Waals surface area contributed by atoms with E-state index in [1.165, 1.54) is 17.4 Å². The molecule has 1 aliphatic heterocycles. The molecule has 2 heterocycles. The first-order chi connectivity index (χ1) is 18.9. The number of halogens is 2. The molecular weight excluding hydrogens is 516 g/mol. The van der Waals surface area contributed by atoms with Crippen LogP contribution in [0.4, 0.5) is 14.5 Å².